The SMILES string of the molecule is C=C[C](C)c1cc(C2CC2)ccc1C#N. The van der Waals surface area contributed by atoms with Gasteiger partial charge in [0.2, 0.25) is 0 Å². The molecule has 0 bridgehead atoms. The molecule has 1 aliphatic rings. The first kappa shape index (κ1) is 9.98. The van der Waals surface area contributed by atoms with E-state index < -0.39 is 0 Å². The lowest BCUT2D eigenvalue weighted by molar-refractivity contribution is 1.11. The summed E-state index contributed by atoms with van der Waals surface area (Å²) in [7, 11) is 0. The molecular weight excluding hydrogens is 182 g/mol. The normalized spacial score (nSPS) is 15.0. The maximum absolute atomic E-state index is 9.01. The topological polar surface area (TPSA) is 23.8 Å². The van der Waals surface area contributed by atoms with Crippen LogP contribution in [0.5, 0.6) is 0 Å². The fraction of sp³-hybridized carbons (Fsp3) is 0.286. The largest absolute Gasteiger partial charge is 0.192 e. The fourth-order valence-corrected chi connectivity index (χ4v) is 1.77. The fourth-order valence-electron chi connectivity index (χ4n) is 1.77. The molecule has 0 amide bonds. The van der Waals surface area contributed by atoms with Crippen molar-refractivity contribution in [3.05, 3.63) is 53.5 Å². The summed E-state index contributed by atoms with van der Waals surface area (Å²) in [6.07, 6.45) is 4.39. The Morgan fingerprint density at radius 3 is 2.80 bits per heavy atom. The Kier molecular flexibility index (Phi) is 2.60. The summed E-state index contributed by atoms with van der Waals surface area (Å²) in [6, 6.07) is 8.38. The summed E-state index contributed by atoms with van der Waals surface area (Å²) in [6.45, 7) is 5.76. The van der Waals surface area contributed by atoms with Crippen LogP contribution in [-0.4, -0.2) is 0 Å². The van der Waals surface area contributed by atoms with Gasteiger partial charge in [-0.3, -0.25) is 0 Å². The van der Waals surface area contributed by atoms with Crippen LogP contribution in [0.4, 0.5) is 0 Å². The van der Waals surface area contributed by atoms with Crippen LogP contribution in [0.1, 0.15) is 42.4 Å². The number of allylic oxidation sites excluding steroid dienone is 1. The molecule has 0 heterocycles. The molecule has 1 aliphatic carbocycles. The van der Waals surface area contributed by atoms with Crippen LogP contribution < -0.4 is 0 Å². The van der Waals surface area contributed by atoms with Crippen LogP contribution in [0.3, 0.4) is 0 Å². The van der Waals surface area contributed by atoms with Crippen molar-refractivity contribution in [2.75, 3.05) is 0 Å². The van der Waals surface area contributed by atoms with E-state index in [1.165, 1.54) is 18.4 Å². The number of benzene rings is 1. The third-order valence-electron chi connectivity index (χ3n) is 2.94. The number of nitrogens with zero attached hydrogens (tertiary/aromatic N) is 1. The summed E-state index contributed by atoms with van der Waals surface area (Å²) in [5.41, 5.74) is 3.15. The van der Waals surface area contributed by atoms with Gasteiger partial charge in [0.05, 0.1) is 11.6 Å². The Hall–Kier alpha value is -1.55. The van der Waals surface area contributed by atoms with Crippen LogP contribution in [0.25, 0.3) is 0 Å². The Morgan fingerprint density at radius 2 is 2.27 bits per heavy atom. The van der Waals surface area contributed by atoms with Crippen molar-refractivity contribution in [1.82, 2.24) is 0 Å². The van der Waals surface area contributed by atoms with Crippen molar-refractivity contribution < 1.29 is 0 Å². The average Bonchev–Trinajstić information content (AvgIpc) is 3.11. The number of hydrogen-bond donors (Lipinski definition) is 0. The lowest BCUT2D eigenvalue weighted by atomic mass is 9.93. The van der Waals surface area contributed by atoms with Gasteiger partial charge in [0.25, 0.3) is 0 Å². The van der Waals surface area contributed by atoms with E-state index in [2.05, 4.69) is 24.8 Å². The van der Waals surface area contributed by atoms with Crippen molar-refractivity contribution in [1.29, 1.82) is 5.26 Å². The first-order chi connectivity index (χ1) is 7.26. The van der Waals surface area contributed by atoms with Gasteiger partial charge in [0, 0.05) is 5.92 Å². The monoisotopic (exact) mass is 196 g/mol. The Labute approximate surface area is 91.0 Å². The van der Waals surface area contributed by atoms with Gasteiger partial charge in [-0.05, 0) is 36.0 Å². The number of nitriles is 1. The Morgan fingerprint density at radius 1 is 1.53 bits per heavy atom. The van der Waals surface area contributed by atoms with Crippen molar-refractivity contribution in [2.24, 2.45) is 0 Å². The molecule has 1 saturated carbocycles. The van der Waals surface area contributed by atoms with Crippen LogP contribution in [0, 0.1) is 17.2 Å². The average molecular weight is 196 g/mol. The van der Waals surface area contributed by atoms with Crippen LogP contribution in [-0.2, 0) is 0 Å². The van der Waals surface area contributed by atoms with Crippen molar-refractivity contribution in [2.45, 2.75) is 25.7 Å². The van der Waals surface area contributed by atoms with Gasteiger partial charge >= 0.3 is 0 Å². The van der Waals surface area contributed by atoms with E-state index in [9.17, 15) is 0 Å². The second-order valence-corrected chi connectivity index (χ2v) is 4.08. The second kappa shape index (κ2) is 3.90. The zero-order chi connectivity index (χ0) is 10.8. The number of rotatable bonds is 3. The lowest BCUT2D eigenvalue weighted by Gasteiger charge is -2.10. The molecule has 0 aromatic heterocycles. The van der Waals surface area contributed by atoms with Crippen molar-refractivity contribution in [3.8, 4) is 6.07 Å². The maximum atomic E-state index is 9.01. The van der Waals surface area contributed by atoms with Crippen LogP contribution in [0.2, 0.25) is 0 Å². The van der Waals surface area contributed by atoms with Gasteiger partial charge in [-0.25, -0.2) is 0 Å². The third-order valence-corrected chi connectivity index (χ3v) is 2.94. The third kappa shape index (κ3) is 1.94. The molecule has 0 saturated heterocycles. The summed E-state index contributed by atoms with van der Waals surface area (Å²) < 4.78 is 0. The van der Waals surface area contributed by atoms with Crippen LogP contribution in [0.15, 0.2) is 30.9 Å². The summed E-state index contributed by atoms with van der Waals surface area (Å²) in [5.74, 6) is 1.81. The van der Waals surface area contributed by atoms with Crippen molar-refractivity contribution in [3.63, 3.8) is 0 Å². The summed E-state index contributed by atoms with van der Waals surface area (Å²) in [5, 5.41) is 9.01. The molecule has 0 unspecified atom stereocenters. The van der Waals surface area contributed by atoms with Gasteiger partial charge in [0.1, 0.15) is 0 Å². The molecule has 0 spiro atoms. The predicted octanol–water partition coefficient (Wildman–Crippen LogP) is 3.56. The second-order valence-electron chi connectivity index (χ2n) is 4.08. The minimum Gasteiger partial charge on any atom is -0.192 e. The Balaban J connectivity index is 2.42. The smallest absolute Gasteiger partial charge is 0.0994 e. The molecule has 1 nitrogen and oxygen atoms in total. The van der Waals surface area contributed by atoms with E-state index >= 15 is 0 Å². The zero-order valence-electron chi connectivity index (χ0n) is 8.96. The highest BCUT2D eigenvalue weighted by atomic mass is 14.3. The first-order valence-corrected chi connectivity index (χ1v) is 5.26. The molecule has 15 heavy (non-hydrogen) atoms. The predicted molar refractivity (Wildman–Crippen MR) is 61.3 cm³/mol. The van der Waals surface area contributed by atoms with E-state index in [4.69, 9.17) is 5.26 Å². The minimum atomic E-state index is 0.731. The van der Waals surface area contributed by atoms with E-state index in [0.717, 1.165) is 23.0 Å². The molecule has 75 valence electrons. The highest BCUT2D eigenvalue weighted by Crippen LogP contribution is 2.41. The number of hydrogen-bond acceptors (Lipinski definition) is 1. The molecule has 1 fully saturated rings. The van der Waals surface area contributed by atoms with Gasteiger partial charge < -0.3 is 0 Å². The van der Waals surface area contributed by atoms with E-state index in [1.807, 2.05) is 19.1 Å². The molecule has 1 heteroatoms. The van der Waals surface area contributed by atoms with Crippen molar-refractivity contribution >= 4 is 0 Å². The molecule has 2 rings (SSSR count). The van der Waals surface area contributed by atoms with Gasteiger partial charge in [-0.2, -0.15) is 5.26 Å². The van der Waals surface area contributed by atoms with Gasteiger partial charge in [-0.1, -0.05) is 25.1 Å². The molecule has 1 aromatic rings. The Bertz CT molecular complexity index is 421. The molecule has 1 aromatic carbocycles. The lowest BCUT2D eigenvalue weighted by Crippen LogP contribution is -1.96. The highest BCUT2D eigenvalue weighted by molar-refractivity contribution is 5.50. The van der Waals surface area contributed by atoms with Crippen LogP contribution >= 0.6 is 0 Å². The van der Waals surface area contributed by atoms with E-state index in [1.54, 1.807) is 0 Å². The van der Waals surface area contributed by atoms with Gasteiger partial charge in [0.15, 0.2) is 0 Å². The zero-order valence-corrected chi connectivity index (χ0v) is 8.96. The molecular formula is C14H14N. The molecule has 0 atom stereocenters. The first-order valence-electron chi connectivity index (χ1n) is 5.26. The molecule has 0 N–H and O–H groups in total. The molecule has 0 aliphatic heterocycles. The standard InChI is InChI=1S/C14H14N/c1-3-10(2)14-8-12(11-4-5-11)6-7-13(14)9-15/h3,6-8,11H,1,4-5H2,2H3. The summed E-state index contributed by atoms with van der Waals surface area (Å²) >= 11 is 0. The van der Waals surface area contributed by atoms with E-state index in [-0.39, 0.29) is 0 Å². The highest BCUT2D eigenvalue weighted by Gasteiger charge is 2.24. The molecule has 1 radical (unpaired) electrons. The summed E-state index contributed by atoms with van der Waals surface area (Å²) in [4.78, 5) is 0. The van der Waals surface area contributed by atoms with Gasteiger partial charge in [-0.15, -0.1) is 6.58 Å². The minimum absolute atomic E-state index is 0.731. The quantitative estimate of drug-likeness (QED) is 0.725. The maximum Gasteiger partial charge on any atom is 0.0994 e. The van der Waals surface area contributed by atoms with E-state index in [0.29, 0.717) is 0 Å².